The molecule has 0 aliphatic carbocycles. The number of halogens is 2. The van der Waals surface area contributed by atoms with Crippen molar-refractivity contribution in [1.82, 2.24) is 4.98 Å². The highest BCUT2D eigenvalue weighted by Gasteiger charge is 2.34. The number of nitrogens with zero attached hydrogens (tertiary/aromatic N) is 2. The van der Waals surface area contributed by atoms with Gasteiger partial charge in [-0.25, -0.2) is 9.78 Å². The van der Waals surface area contributed by atoms with Gasteiger partial charge in [0.05, 0.1) is 10.6 Å². The summed E-state index contributed by atoms with van der Waals surface area (Å²) in [5, 5.41) is 0.252. The SMILES string of the molecule is C[C@H](OC(=O)c1cnc(Cl)c(Cl)c1)C(=O)N1c2ccccc2C[C@@H]1C. The molecule has 0 saturated carbocycles. The molecule has 2 aromatic rings. The van der Waals surface area contributed by atoms with Gasteiger partial charge < -0.3 is 9.64 Å². The maximum atomic E-state index is 12.8. The summed E-state index contributed by atoms with van der Waals surface area (Å²) in [6.07, 6.45) is 1.11. The number of pyridine rings is 1. The number of rotatable bonds is 3. The average molecular weight is 379 g/mol. The molecule has 2 heterocycles. The summed E-state index contributed by atoms with van der Waals surface area (Å²) in [7, 11) is 0. The number of hydrogen-bond donors (Lipinski definition) is 0. The van der Waals surface area contributed by atoms with Gasteiger partial charge in [-0.15, -0.1) is 0 Å². The summed E-state index contributed by atoms with van der Waals surface area (Å²) in [5.74, 6) is -0.939. The highest BCUT2D eigenvalue weighted by Crippen LogP contribution is 2.32. The first-order valence-electron chi connectivity index (χ1n) is 7.81. The Balaban J connectivity index is 1.75. The van der Waals surface area contributed by atoms with Gasteiger partial charge in [-0.1, -0.05) is 41.4 Å². The number of benzene rings is 1. The van der Waals surface area contributed by atoms with Gasteiger partial charge >= 0.3 is 5.97 Å². The quantitative estimate of drug-likeness (QED) is 0.599. The first kappa shape index (κ1) is 17.7. The van der Waals surface area contributed by atoms with E-state index in [2.05, 4.69) is 4.98 Å². The second kappa shape index (κ2) is 7.02. The van der Waals surface area contributed by atoms with Crippen molar-refractivity contribution in [3.05, 3.63) is 57.8 Å². The lowest BCUT2D eigenvalue weighted by molar-refractivity contribution is -0.126. The number of anilines is 1. The minimum Gasteiger partial charge on any atom is -0.449 e. The average Bonchev–Trinajstić information content (AvgIpc) is 2.92. The molecule has 0 radical (unpaired) electrons. The van der Waals surface area contributed by atoms with Crippen LogP contribution in [0.3, 0.4) is 0 Å². The van der Waals surface area contributed by atoms with E-state index in [1.807, 2.05) is 31.2 Å². The fourth-order valence-electron chi connectivity index (χ4n) is 2.91. The molecule has 2 atom stereocenters. The molecule has 1 aliphatic heterocycles. The van der Waals surface area contributed by atoms with Crippen molar-refractivity contribution in [2.24, 2.45) is 0 Å². The van der Waals surface area contributed by atoms with Crippen LogP contribution in [0.4, 0.5) is 5.69 Å². The summed E-state index contributed by atoms with van der Waals surface area (Å²) in [5.41, 5.74) is 2.11. The largest absolute Gasteiger partial charge is 0.449 e. The maximum Gasteiger partial charge on any atom is 0.340 e. The Morgan fingerprint density at radius 3 is 2.76 bits per heavy atom. The Bertz CT molecular complexity index is 841. The standard InChI is InChI=1S/C18H16Cl2N2O3/c1-10-7-12-5-3-4-6-15(12)22(10)17(23)11(2)25-18(24)13-8-14(19)16(20)21-9-13/h3-6,8-11H,7H2,1-2H3/t10-,11-/m0/s1. The molecule has 0 bridgehead atoms. The van der Waals surface area contributed by atoms with Crippen LogP contribution in [0.5, 0.6) is 0 Å². The number of aromatic nitrogens is 1. The van der Waals surface area contributed by atoms with E-state index in [4.69, 9.17) is 27.9 Å². The Morgan fingerprint density at radius 1 is 1.32 bits per heavy atom. The molecule has 1 aliphatic rings. The Kier molecular flexibility index (Phi) is 4.97. The molecule has 130 valence electrons. The summed E-state index contributed by atoms with van der Waals surface area (Å²) in [4.78, 5) is 30.5. The summed E-state index contributed by atoms with van der Waals surface area (Å²) in [6.45, 7) is 3.52. The molecule has 0 spiro atoms. The number of carbonyl (C=O) groups is 2. The van der Waals surface area contributed by atoms with E-state index in [1.165, 1.54) is 12.3 Å². The van der Waals surface area contributed by atoms with Crippen LogP contribution in [0.1, 0.15) is 29.8 Å². The van der Waals surface area contributed by atoms with E-state index in [9.17, 15) is 9.59 Å². The van der Waals surface area contributed by atoms with Crippen molar-refractivity contribution in [3.63, 3.8) is 0 Å². The van der Waals surface area contributed by atoms with Crippen molar-refractivity contribution in [3.8, 4) is 0 Å². The molecular weight excluding hydrogens is 363 g/mol. The van der Waals surface area contributed by atoms with Gasteiger partial charge in [-0.3, -0.25) is 4.79 Å². The number of fused-ring (bicyclic) bond motifs is 1. The summed E-state index contributed by atoms with van der Waals surface area (Å²) in [6, 6.07) is 9.10. The van der Waals surface area contributed by atoms with Gasteiger partial charge in [0, 0.05) is 17.9 Å². The van der Waals surface area contributed by atoms with Crippen LogP contribution < -0.4 is 4.90 Å². The number of ether oxygens (including phenoxy) is 1. The predicted octanol–water partition coefficient (Wildman–Crippen LogP) is 3.91. The zero-order chi connectivity index (χ0) is 18.1. The lowest BCUT2D eigenvalue weighted by Crippen LogP contribution is -2.43. The Morgan fingerprint density at radius 2 is 2.04 bits per heavy atom. The van der Waals surface area contributed by atoms with Gasteiger partial charge in [0.25, 0.3) is 5.91 Å². The Hall–Kier alpha value is -2.11. The molecule has 7 heteroatoms. The van der Waals surface area contributed by atoms with Crippen molar-refractivity contribution >= 4 is 40.8 Å². The van der Waals surface area contributed by atoms with Crippen LogP contribution in [-0.4, -0.2) is 29.0 Å². The third-order valence-corrected chi connectivity index (χ3v) is 4.79. The Labute approximate surface area is 155 Å². The second-order valence-electron chi connectivity index (χ2n) is 5.93. The fraction of sp³-hybridized carbons (Fsp3) is 0.278. The predicted molar refractivity (Wildman–Crippen MR) is 96.2 cm³/mol. The number of amides is 1. The monoisotopic (exact) mass is 378 g/mol. The van der Waals surface area contributed by atoms with Crippen LogP contribution in [0.2, 0.25) is 10.2 Å². The van der Waals surface area contributed by atoms with Crippen molar-refractivity contribution in [1.29, 1.82) is 0 Å². The van der Waals surface area contributed by atoms with Gasteiger partial charge in [-0.2, -0.15) is 0 Å². The molecular formula is C18H16Cl2N2O3. The molecule has 0 unspecified atom stereocenters. The molecule has 0 fully saturated rings. The molecule has 0 N–H and O–H groups in total. The van der Waals surface area contributed by atoms with Crippen molar-refractivity contribution in [2.45, 2.75) is 32.4 Å². The summed E-state index contributed by atoms with van der Waals surface area (Å²) >= 11 is 11.6. The number of esters is 1. The van der Waals surface area contributed by atoms with E-state index in [1.54, 1.807) is 11.8 Å². The van der Waals surface area contributed by atoms with Crippen LogP contribution in [-0.2, 0) is 16.0 Å². The van der Waals surface area contributed by atoms with Crippen LogP contribution >= 0.6 is 23.2 Å². The van der Waals surface area contributed by atoms with E-state index in [-0.39, 0.29) is 27.7 Å². The lowest BCUT2D eigenvalue weighted by Gasteiger charge is -2.25. The van der Waals surface area contributed by atoms with E-state index >= 15 is 0 Å². The third-order valence-electron chi connectivity index (χ3n) is 4.11. The van der Waals surface area contributed by atoms with Crippen LogP contribution in [0.25, 0.3) is 0 Å². The number of hydrogen-bond acceptors (Lipinski definition) is 4. The van der Waals surface area contributed by atoms with Gasteiger partial charge in [0.1, 0.15) is 5.15 Å². The van der Waals surface area contributed by atoms with Gasteiger partial charge in [0.15, 0.2) is 6.10 Å². The van der Waals surface area contributed by atoms with E-state index in [0.717, 1.165) is 17.7 Å². The van der Waals surface area contributed by atoms with Crippen LogP contribution in [0, 0.1) is 0 Å². The molecule has 1 aromatic heterocycles. The van der Waals surface area contributed by atoms with Crippen molar-refractivity contribution in [2.75, 3.05) is 4.90 Å². The normalized spacial score (nSPS) is 17.1. The highest BCUT2D eigenvalue weighted by atomic mass is 35.5. The third kappa shape index (κ3) is 3.48. The summed E-state index contributed by atoms with van der Waals surface area (Å²) < 4.78 is 5.30. The zero-order valence-corrected chi connectivity index (χ0v) is 15.2. The van der Waals surface area contributed by atoms with Crippen molar-refractivity contribution < 1.29 is 14.3 Å². The highest BCUT2D eigenvalue weighted by molar-refractivity contribution is 6.41. The fourth-order valence-corrected chi connectivity index (χ4v) is 3.18. The van der Waals surface area contributed by atoms with E-state index < -0.39 is 12.1 Å². The topological polar surface area (TPSA) is 59.5 Å². The minimum atomic E-state index is -0.935. The molecule has 0 saturated heterocycles. The zero-order valence-electron chi connectivity index (χ0n) is 13.7. The first-order chi connectivity index (χ1) is 11.9. The van der Waals surface area contributed by atoms with Gasteiger partial charge in [-0.05, 0) is 38.0 Å². The smallest absolute Gasteiger partial charge is 0.340 e. The van der Waals surface area contributed by atoms with Gasteiger partial charge in [0.2, 0.25) is 0 Å². The van der Waals surface area contributed by atoms with E-state index in [0.29, 0.717) is 0 Å². The molecule has 1 aromatic carbocycles. The second-order valence-corrected chi connectivity index (χ2v) is 6.70. The minimum absolute atomic E-state index is 0.0118. The lowest BCUT2D eigenvalue weighted by atomic mass is 10.1. The molecule has 1 amide bonds. The first-order valence-corrected chi connectivity index (χ1v) is 8.57. The molecule has 3 rings (SSSR count). The number of carbonyl (C=O) groups excluding carboxylic acids is 2. The maximum absolute atomic E-state index is 12.8. The molecule has 5 nitrogen and oxygen atoms in total. The number of para-hydroxylation sites is 1. The van der Waals surface area contributed by atoms with Crippen LogP contribution in [0.15, 0.2) is 36.5 Å². The molecule has 25 heavy (non-hydrogen) atoms.